The van der Waals surface area contributed by atoms with Crippen molar-refractivity contribution in [1.29, 1.82) is 0 Å². The molecule has 2 aromatic heterocycles. The fourth-order valence-corrected chi connectivity index (χ4v) is 4.87. The molecule has 166 valence electrons. The van der Waals surface area contributed by atoms with Gasteiger partial charge in [0.1, 0.15) is 5.82 Å². The smallest absolute Gasteiger partial charge is 0.220 e. The van der Waals surface area contributed by atoms with Crippen LogP contribution in [0.3, 0.4) is 0 Å². The highest BCUT2D eigenvalue weighted by atomic mass is 32.1. The summed E-state index contributed by atoms with van der Waals surface area (Å²) in [6.07, 6.45) is 3.33. The van der Waals surface area contributed by atoms with Gasteiger partial charge in [0.15, 0.2) is 0 Å². The lowest BCUT2D eigenvalue weighted by atomic mass is 9.93. The van der Waals surface area contributed by atoms with Gasteiger partial charge in [-0.05, 0) is 47.2 Å². The number of hydrogen-bond acceptors (Lipinski definition) is 3. The molecule has 1 amide bonds. The lowest BCUT2D eigenvalue weighted by molar-refractivity contribution is -0.121. The van der Waals surface area contributed by atoms with Crippen molar-refractivity contribution in [3.8, 4) is 0 Å². The van der Waals surface area contributed by atoms with Crippen LogP contribution in [0.2, 0.25) is 0 Å². The van der Waals surface area contributed by atoms with E-state index in [1.54, 1.807) is 18.4 Å². The number of para-hydroxylation sites is 1. The molecule has 0 bridgehead atoms. The standard InChI is InChI=1S/C26H27FN2O2S/c1-31-14-5-13-28-26(30)16-22(25-8-4-15-32-25)23-18-29(24-7-3-2-6-21(23)24)17-19-9-11-20(27)12-10-19/h2-4,6-12,15,18,22H,5,13-14,16-17H2,1H3,(H,28,30). The Morgan fingerprint density at radius 2 is 1.94 bits per heavy atom. The summed E-state index contributed by atoms with van der Waals surface area (Å²) in [5, 5.41) is 6.21. The summed E-state index contributed by atoms with van der Waals surface area (Å²) in [6, 6.07) is 19.0. The monoisotopic (exact) mass is 450 g/mol. The first kappa shape index (κ1) is 22.2. The molecule has 1 atom stereocenters. The third kappa shape index (κ3) is 5.26. The van der Waals surface area contributed by atoms with Gasteiger partial charge in [-0.3, -0.25) is 4.79 Å². The van der Waals surface area contributed by atoms with Crippen molar-refractivity contribution < 1.29 is 13.9 Å². The quantitative estimate of drug-likeness (QED) is 0.321. The molecule has 1 N–H and O–H groups in total. The van der Waals surface area contributed by atoms with Crippen LogP contribution in [0.5, 0.6) is 0 Å². The molecule has 0 spiro atoms. The van der Waals surface area contributed by atoms with Crippen LogP contribution in [0.15, 0.2) is 72.2 Å². The van der Waals surface area contributed by atoms with Crippen LogP contribution in [-0.2, 0) is 16.1 Å². The summed E-state index contributed by atoms with van der Waals surface area (Å²) in [6.45, 7) is 1.88. The number of carbonyl (C=O) groups is 1. The van der Waals surface area contributed by atoms with Crippen molar-refractivity contribution in [2.45, 2.75) is 25.3 Å². The van der Waals surface area contributed by atoms with Crippen LogP contribution in [0.4, 0.5) is 4.39 Å². The Kier molecular flexibility index (Phi) is 7.35. The second-order valence-electron chi connectivity index (χ2n) is 7.82. The summed E-state index contributed by atoms with van der Waals surface area (Å²) < 4.78 is 20.6. The average molecular weight is 451 g/mol. The van der Waals surface area contributed by atoms with E-state index in [9.17, 15) is 9.18 Å². The predicted octanol–water partition coefficient (Wildman–Crippen LogP) is 5.56. The lowest BCUT2D eigenvalue weighted by Crippen LogP contribution is -2.26. The number of nitrogens with one attached hydrogen (secondary N) is 1. The van der Waals surface area contributed by atoms with Crippen molar-refractivity contribution in [3.63, 3.8) is 0 Å². The first-order valence-electron chi connectivity index (χ1n) is 10.8. The van der Waals surface area contributed by atoms with Crippen LogP contribution in [-0.4, -0.2) is 30.7 Å². The fourth-order valence-electron chi connectivity index (χ4n) is 4.03. The molecule has 0 aliphatic heterocycles. The predicted molar refractivity (Wildman–Crippen MR) is 128 cm³/mol. The molecule has 2 heterocycles. The average Bonchev–Trinajstić information content (AvgIpc) is 3.46. The summed E-state index contributed by atoms with van der Waals surface area (Å²) >= 11 is 1.67. The highest BCUT2D eigenvalue weighted by molar-refractivity contribution is 7.10. The Morgan fingerprint density at radius 3 is 2.69 bits per heavy atom. The highest BCUT2D eigenvalue weighted by Crippen LogP contribution is 2.37. The number of benzene rings is 2. The van der Waals surface area contributed by atoms with Gasteiger partial charge in [0.05, 0.1) is 0 Å². The van der Waals surface area contributed by atoms with E-state index in [1.807, 2.05) is 30.3 Å². The molecule has 0 fully saturated rings. The summed E-state index contributed by atoms with van der Waals surface area (Å²) in [5.74, 6) is -0.229. The Labute approximate surface area is 191 Å². The maximum absolute atomic E-state index is 13.3. The molecule has 2 aromatic carbocycles. The number of ether oxygens (including phenoxy) is 1. The Morgan fingerprint density at radius 1 is 1.12 bits per heavy atom. The second-order valence-corrected chi connectivity index (χ2v) is 8.80. The van der Waals surface area contributed by atoms with Crippen LogP contribution < -0.4 is 5.32 Å². The molecule has 4 nitrogen and oxygen atoms in total. The minimum Gasteiger partial charge on any atom is -0.385 e. The molecule has 32 heavy (non-hydrogen) atoms. The molecule has 0 aliphatic carbocycles. The molecule has 4 rings (SSSR count). The van der Waals surface area contributed by atoms with Gasteiger partial charge < -0.3 is 14.6 Å². The number of thiophene rings is 1. The SMILES string of the molecule is COCCCNC(=O)CC(c1cccs1)c1cn(Cc2ccc(F)cc2)c2ccccc12. The van der Waals surface area contributed by atoms with E-state index in [2.05, 4.69) is 39.7 Å². The van der Waals surface area contributed by atoms with Gasteiger partial charge in [0, 0.05) is 61.1 Å². The first-order valence-corrected chi connectivity index (χ1v) is 11.6. The number of nitrogens with zero attached hydrogens (tertiary/aromatic N) is 1. The van der Waals surface area contributed by atoms with Gasteiger partial charge in [-0.1, -0.05) is 36.4 Å². The maximum atomic E-state index is 13.3. The molecule has 0 aliphatic rings. The summed E-state index contributed by atoms with van der Waals surface area (Å²) in [4.78, 5) is 13.9. The number of halogens is 1. The summed E-state index contributed by atoms with van der Waals surface area (Å²) in [5.41, 5.74) is 3.27. The number of rotatable bonds is 10. The minimum atomic E-state index is -0.235. The molecular formula is C26H27FN2O2S. The lowest BCUT2D eigenvalue weighted by Gasteiger charge is -2.15. The van der Waals surface area contributed by atoms with Crippen LogP contribution in [0.1, 0.15) is 34.8 Å². The maximum Gasteiger partial charge on any atom is 0.220 e. The van der Waals surface area contributed by atoms with E-state index in [1.165, 1.54) is 17.0 Å². The molecule has 0 saturated carbocycles. The van der Waals surface area contributed by atoms with Crippen molar-refractivity contribution in [1.82, 2.24) is 9.88 Å². The third-order valence-corrected chi connectivity index (χ3v) is 6.57. The van der Waals surface area contributed by atoms with Crippen molar-refractivity contribution in [3.05, 3.63) is 94.1 Å². The number of carbonyl (C=O) groups excluding carboxylic acids is 1. The second kappa shape index (κ2) is 10.6. The number of methoxy groups -OCH3 is 1. The van der Waals surface area contributed by atoms with E-state index in [-0.39, 0.29) is 17.6 Å². The Balaban J connectivity index is 1.65. The molecule has 4 aromatic rings. The topological polar surface area (TPSA) is 43.3 Å². The van der Waals surface area contributed by atoms with Crippen LogP contribution in [0.25, 0.3) is 10.9 Å². The zero-order valence-electron chi connectivity index (χ0n) is 18.1. The van der Waals surface area contributed by atoms with E-state index in [0.29, 0.717) is 26.1 Å². The fraction of sp³-hybridized carbons (Fsp3) is 0.269. The summed E-state index contributed by atoms with van der Waals surface area (Å²) in [7, 11) is 1.66. The first-order chi connectivity index (χ1) is 15.7. The highest BCUT2D eigenvalue weighted by Gasteiger charge is 2.23. The Bertz CT molecular complexity index is 1150. The number of fused-ring (bicyclic) bond motifs is 1. The van der Waals surface area contributed by atoms with E-state index >= 15 is 0 Å². The molecule has 1 unspecified atom stereocenters. The zero-order chi connectivity index (χ0) is 22.3. The van der Waals surface area contributed by atoms with Crippen molar-refractivity contribution in [2.24, 2.45) is 0 Å². The molecule has 0 radical (unpaired) electrons. The van der Waals surface area contributed by atoms with Gasteiger partial charge in [-0.15, -0.1) is 11.3 Å². The van der Waals surface area contributed by atoms with Crippen molar-refractivity contribution >= 4 is 28.1 Å². The molecule has 6 heteroatoms. The minimum absolute atomic E-state index is 0.0307. The van der Waals surface area contributed by atoms with E-state index in [0.717, 1.165) is 28.5 Å². The molecular weight excluding hydrogens is 423 g/mol. The number of aromatic nitrogens is 1. The normalized spacial score (nSPS) is 12.2. The van der Waals surface area contributed by atoms with Gasteiger partial charge in [-0.2, -0.15) is 0 Å². The van der Waals surface area contributed by atoms with Gasteiger partial charge >= 0.3 is 0 Å². The third-order valence-electron chi connectivity index (χ3n) is 5.58. The number of hydrogen-bond donors (Lipinski definition) is 1. The van der Waals surface area contributed by atoms with Gasteiger partial charge in [-0.25, -0.2) is 4.39 Å². The van der Waals surface area contributed by atoms with E-state index < -0.39 is 0 Å². The zero-order valence-corrected chi connectivity index (χ0v) is 18.9. The largest absolute Gasteiger partial charge is 0.385 e. The molecule has 0 saturated heterocycles. The van der Waals surface area contributed by atoms with Gasteiger partial charge in [0.2, 0.25) is 5.91 Å². The van der Waals surface area contributed by atoms with Crippen molar-refractivity contribution in [2.75, 3.05) is 20.3 Å². The van der Waals surface area contributed by atoms with E-state index in [4.69, 9.17) is 4.74 Å². The van der Waals surface area contributed by atoms with Crippen LogP contribution in [0, 0.1) is 5.82 Å². The Hall–Kier alpha value is -2.96. The number of amides is 1. The van der Waals surface area contributed by atoms with Crippen LogP contribution >= 0.6 is 11.3 Å². The van der Waals surface area contributed by atoms with Gasteiger partial charge in [0.25, 0.3) is 0 Å².